The van der Waals surface area contributed by atoms with Crippen LogP contribution >= 0.6 is 0 Å². The summed E-state index contributed by atoms with van der Waals surface area (Å²) in [6.07, 6.45) is 0. The van der Waals surface area contributed by atoms with Crippen molar-refractivity contribution in [2.24, 2.45) is 17.4 Å². The topological polar surface area (TPSA) is 106 Å². The number of nitrogens with two attached hydrogens (primary N) is 2. The molecule has 0 radical (unpaired) electrons. The molecule has 0 saturated heterocycles. The first-order valence-electron chi connectivity index (χ1n) is 6.45. The minimum absolute atomic E-state index is 0.00792. The minimum atomic E-state index is -3.93. The zero-order chi connectivity index (χ0) is 16.2. The summed E-state index contributed by atoms with van der Waals surface area (Å²) in [5, 5.41) is 0. The molecule has 8 heteroatoms. The van der Waals surface area contributed by atoms with E-state index in [-0.39, 0.29) is 29.5 Å². The van der Waals surface area contributed by atoms with Gasteiger partial charge in [-0.3, -0.25) is 4.79 Å². The highest BCUT2D eigenvalue weighted by Gasteiger charge is 2.27. The van der Waals surface area contributed by atoms with Gasteiger partial charge in [0.2, 0.25) is 15.9 Å². The summed E-state index contributed by atoms with van der Waals surface area (Å²) >= 11 is 0. The van der Waals surface area contributed by atoms with Crippen LogP contribution in [0.1, 0.15) is 19.4 Å². The monoisotopic (exact) mass is 317 g/mol. The Bertz CT molecular complexity index is 617. The molecule has 4 N–H and O–H groups in total. The lowest BCUT2D eigenvalue weighted by Gasteiger charge is -2.23. The van der Waals surface area contributed by atoms with Gasteiger partial charge in [0.1, 0.15) is 5.82 Å². The Morgan fingerprint density at radius 2 is 2.00 bits per heavy atom. The average molecular weight is 317 g/mol. The van der Waals surface area contributed by atoms with Crippen molar-refractivity contribution in [1.82, 2.24) is 4.31 Å². The fourth-order valence-corrected chi connectivity index (χ4v) is 3.47. The Labute approximate surface area is 124 Å². The zero-order valence-electron chi connectivity index (χ0n) is 12.0. The normalized spacial score (nSPS) is 12.1. The lowest BCUT2D eigenvalue weighted by molar-refractivity contribution is -0.118. The third-order valence-electron chi connectivity index (χ3n) is 2.78. The van der Waals surface area contributed by atoms with E-state index in [2.05, 4.69) is 0 Å². The third-order valence-corrected chi connectivity index (χ3v) is 4.58. The smallest absolute Gasteiger partial charge is 0.243 e. The Kier molecular flexibility index (Phi) is 5.82. The van der Waals surface area contributed by atoms with Gasteiger partial charge in [-0.15, -0.1) is 0 Å². The maximum absolute atomic E-state index is 13.4. The number of nitrogens with zero attached hydrogens (tertiary/aromatic N) is 1. The summed E-state index contributed by atoms with van der Waals surface area (Å²) in [6.45, 7) is 3.24. The molecule has 0 aliphatic carbocycles. The molecule has 0 aromatic heterocycles. The van der Waals surface area contributed by atoms with Gasteiger partial charge in [-0.05, 0) is 24.1 Å². The van der Waals surface area contributed by atoms with Crippen molar-refractivity contribution in [3.05, 3.63) is 29.6 Å². The second-order valence-corrected chi connectivity index (χ2v) is 7.05. The first-order valence-corrected chi connectivity index (χ1v) is 7.89. The summed E-state index contributed by atoms with van der Waals surface area (Å²) in [7, 11) is -3.93. The van der Waals surface area contributed by atoms with Crippen molar-refractivity contribution >= 4 is 15.9 Å². The molecule has 0 unspecified atom stereocenters. The second kappa shape index (κ2) is 6.97. The van der Waals surface area contributed by atoms with Crippen LogP contribution in [0.25, 0.3) is 0 Å². The van der Waals surface area contributed by atoms with Crippen molar-refractivity contribution in [2.75, 3.05) is 13.1 Å². The van der Waals surface area contributed by atoms with Crippen LogP contribution in [-0.2, 0) is 21.4 Å². The molecule has 118 valence electrons. The second-order valence-electron chi connectivity index (χ2n) is 5.12. The van der Waals surface area contributed by atoms with Crippen LogP contribution in [0.4, 0.5) is 4.39 Å². The molecule has 0 fully saturated rings. The van der Waals surface area contributed by atoms with Gasteiger partial charge >= 0.3 is 0 Å². The van der Waals surface area contributed by atoms with Gasteiger partial charge in [0.05, 0.1) is 11.4 Å². The summed E-state index contributed by atoms with van der Waals surface area (Å²) < 4.78 is 39.5. The zero-order valence-corrected chi connectivity index (χ0v) is 12.9. The van der Waals surface area contributed by atoms with E-state index in [0.29, 0.717) is 0 Å². The number of hydrogen-bond donors (Lipinski definition) is 2. The molecule has 0 aliphatic heterocycles. The molecule has 1 aromatic carbocycles. The molecular weight excluding hydrogens is 297 g/mol. The third kappa shape index (κ3) is 4.48. The standard InChI is InChI=1S/C13H20FN3O3S/c1-9(2)7-17(8-13(16)18)21(19,20)11-3-4-12(14)10(5-11)6-15/h3-5,9H,6-8,15H2,1-2H3,(H2,16,18). The highest BCUT2D eigenvalue weighted by atomic mass is 32.2. The fourth-order valence-electron chi connectivity index (χ4n) is 1.85. The van der Waals surface area contributed by atoms with E-state index in [1.807, 2.05) is 13.8 Å². The van der Waals surface area contributed by atoms with Gasteiger partial charge in [-0.25, -0.2) is 12.8 Å². The van der Waals surface area contributed by atoms with Crippen LogP contribution in [0.5, 0.6) is 0 Å². The molecule has 0 bridgehead atoms. The van der Waals surface area contributed by atoms with Gasteiger partial charge in [0.25, 0.3) is 0 Å². The largest absolute Gasteiger partial charge is 0.369 e. The van der Waals surface area contributed by atoms with Crippen LogP contribution < -0.4 is 11.5 Å². The SMILES string of the molecule is CC(C)CN(CC(N)=O)S(=O)(=O)c1ccc(F)c(CN)c1. The summed E-state index contributed by atoms with van der Waals surface area (Å²) in [6, 6.07) is 3.38. The number of hydrogen-bond acceptors (Lipinski definition) is 4. The Balaban J connectivity index is 3.24. The number of benzene rings is 1. The maximum atomic E-state index is 13.4. The number of halogens is 1. The molecule has 6 nitrogen and oxygen atoms in total. The molecule has 1 rings (SSSR count). The molecule has 1 amide bonds. The Morgan fingerprint density at radius 1 is 1.38 bits per heavy atom. The Hall–Kier alpha value is -1.51. The lowest BCUT2D eigenvalue weighted by atomic mass is 10.2. The van der Waals surface area contributed by atoms with Gasteiger partial charge < -0.3 is 11.5 Å². The van der Waals surface area contributed by atoms with Crippen molar-refractivity contribution in [3.63, 3.8) is 0 Å². The highest BCUT2D eigenvalue weighted by molar-refractivity contribution is 7.89. The summed E-state index contributed by atoms with van der Waals surface area (Å²) in [4.78, 5) is 11.0. The van der Waals surface area contributed by atoms with E-state index in [4.69, 9.17) is 11.5 Å². The van der Waals surface area contributed by atoms with Gasteiger partial charge in [-0.1, -0.05) is 13.8 Å². The van der Waals surface area contributed by atoms with Crippen molar-refractivity contribution in [1.29, 1.82) is 0 Å². The Morgan fingerprint density at radius 3 is 2.48 bits per heavy atom. The van der Waals surface area contributed by atoms with Crippen molar-refractivity contribution < 1.29 is 17.6 Å². The molecule has 21 heavy (non-hydrogen) atoms. The van der Waals surface area contributed by atoms with Gasteiger partial charge in [0.15, 0.2) is 0 Å². The van der Waals surface area contributed by atoms with Crippen LogP contribution in [-0.4, -0.2) is 31.7 Å². The van der Waals surface area contributed by atoms with Crippen LogP contribution in [0, 0.1) is 11.7 Å². The molecule has 0 aliphatic rings. The van der Waals surface area contributed by atoms with E-state index < -0.39 is 28.3 Å². The van der Waals surface area contributed by atoms with Crippen LogP contribution in [0.15, 0.2) is 23.1 Å². The van der Waals surface area contributed by atoms with E-state index in [0.717, 1.165) is 16.4 Å². The van der Waals surface area contributed by atoms with E-state index in [1.165, 1.54) is 6.07 Å². The van der Waals surface area contributed by atoms with Gasteiger partial charge in [0, 0.05) is 18.7 Å². The molecule has 1 aromatic rings. The van der Waals surface area contributed by atoms with Crippen molar-refractivity contribution in [2.45, 2.75) is 25.3 Å². The van der Waals surface area contributed by atoms with Crippen molar-refractivity contribution in [3.8, 4) is 0 Å². The quantitative estimate of drug-likeness (QED) is 0.760. The average Bonchev–Trinajstić information content (AvgIpc) is 2.37. The molecular formula is C13H20FN3O3S. The number of rotatable bonds is 7. The predicted molar refractivity (Wildman–Crippen MR) is 77.1 cm³/mol. The predicted octanol–water partition coefficient (Wildman–Crippen LogP) is 0.416. The lowest BCUT2D eigenvalue weighted by Crippen LogP contribution is -2.40. The van der Waals surface area contributed by atoms with Crippen LogP contribution in [0.2, 0.25) is 0 Å². The number of carbonyl (C=O) groups is 1. The van der Waals surface area contributed by atoms with E-state index in [1.54, 1.807) is 0 Å². The number of sulfonamides is 1. The summed E-state index contributed by atoms with van der Waals surface area (Å²) in [5.74, 6) is -1.31. The number of carbonyl (C=O) groups excluding carboxylic acids is 1. The minimum Gasteiger partial charge on any atom is -0.369 e. The maximum Gasteiger partial charge on any atom is 0.243 e. The van der Waals surface area contributed by atoms with Crippen LogP contribution in [0.3, 0.4) is 0 Å². The fraction of sp³-hybridized carbons (Fsp3) is 0.462. The number of primary amides is 1. The molecule has 0 heterocycles. The van der Waals surface area contributed by atoms with Gasteiger partial charge in [-0.2, -0.15) is 4.31 Å². The first kappa shape index (κ1) is 17.5. The first-order chi connectivity index (χ1) is 9.68. The number of amides is 1. The molecule has 0 spiro atoms. The van der Waals surface area contributed by atoms with E-state index in [9.17, 15) is 17.6 Å². The summed E-state index contributed by atoms with van der Waals surface area (Å²) in [5.41, 5.74) is 10.6. The molecule has 0 atom stereocenters. The van der Waals surface area contributed by atoms with E-state index >= 15 is 0 Å². The highest BCUT2D eigenvalue weighted by Crippen LogP contribution is 2.20. The molecule has 0 saturated carbocycles.